The Bertz CT molecular complexity index is 774. The van der Waals surface area contributed by atoms with Gasteiger partial charge >= 0.3 is 0 Å². The summed E-state index contributed by atoms with van der Waals surface area (Å²) < 4.78 is 0. The van der Waals surface area contributed by atoms with Gasteiger partial charge in [0.05, 0.1) is 11.5 Å². The molecule has 0 aliphatic heterocycles. The molecule has 1 aromatic rings. The molecule has 0 unspecified atom stereocenters. The van der Waals surface area contributed by atoms with Gasteiger partial charge in [-0.05, 0) is 55.2 Å². The monoisotopic (exact) mass is 387 g/mol. The van der Waals surface area contributed by atoms with Crippen molar-refractivity contribution in [3.63, 3.8) is 0 Å². The first-order valence-electron chi connectivity index (χ1n) is 9.52. The van der Waals surface area contributed by atoms with Crippen molar-refractivity contribution in [1.82, 2.24) is 5.43 Å². The average molecular weight is 388 g/mol. The number of aryl methyl sites for hydroxylation is 1. The molecule has 0 saturated heterocycles. The topological polar surface area (TPSA) is 70.6 Å². The molecule has 2 saturated carbocycles. The maximum absolute atomic E-state index is 12.1. The van der Waals surface area contributed by atoms with Crippen LogP contribution >= 0.6 is 11.8 Å². The van der Waals surface area contributed by atoms with Crippen LogP contribution in [0.3, 0.4) is 0 Å². The van der Waals surface area contributed by atoms with E-state index in [4.69, 9.17) is 0 Å². The summed E-state index contributed by atoms with van der Waals surface area (Å²) in [5.41, 5.74) is 6.04. The highest BCUT2D eigenvalue weighted by atomic mass is 32.2. The summed E-state index contributed by atoms with van der Waals surface area (Å²) in [4.78, 5) is 24.1. The van der Waals surface area contributed by atoms with Crippen molar-refractivity contribution in [3.05, 3.63) is 29.8 Å². The van der Waals surface area contributed by atoms with Crippen LogP contribution in [-0.2, 0) is 9.59 Å². The van der Waals surface area contributed by atoms with E-state index in [1.807, 2.05) is 31.2 Å². The van der Waals surface area contributed by atoms with Crippen molar-refractivity contribution in [1.29, 1.82) is 0 Å². The number of amides is 2. The molecule has 2 aliphatic carbocycles. The van der Waals surface area contributed by atoms with Gasteiger partial charge in [-0.1, -0.05) is 32.9 Å². The van der Waals surface area contributed by atoms with Gasteiger partial charge in [-0.25, -0.2) is 5.43 Å². The number of hydrogen-bond donors (Lipinski definition) is 2. The molecule has 2 aliphatic rings. The van der Waals surface area contributed by atoms with Gasteiger partial charge in [0.1, 0.15) is 0 Å². The molecule has 2 fully saturated rings. The Balaban J connectivity index is 1.42. The van der Waals surface area contributed by atoms with Crippen LogP contribution in [0.15, 0.2) is 29.4 Å². The Labute approximate surface area is 165 Å². The van der Waals surface area contributed by atoms with Gasteiger partial charge in [0.25, 0.3) is 0 Å². The van der Waals surface area contributed by atoms with Crippen molar-refractivity contribution in [2.45, 2.75) is 47.0 Å². The van der Waals surface area contributed by atoms with Gasteiger partial charge in [-0.2, -0.15) is 5.10 Å². The van der Waals surface area contributed by atoms with Crippen LogP contribution in [0.25, 0.3) is 0 Å². The molecule has 5 nitrogen and oxygen atoms in total. The molecular formula is C21H29N3O2S. The van der Waals surface area contributed by atoms with E-state index in [0.29, 0.717) is 5.92 Å². The van der Waals surface area contributed by atoms with Gasteiger partial charge in [-0.3, -0.25) is 9.59 Å². The maximum Gasteiger partial charge on any atom is 0.250 e. The largest absolute Gasteiger partial charge is 0.325 e. The van der Waals surface area contributed by atoms with Gasteiger partial charge in [0, 0.05) is 16.8 Å². The number of rotatable bonds is 6. The molecule has 3 rings (SSSR count). The molecule has 6 heteroatoms. The quantitative estimate of drug-likeness (QED) is 0.725. The summed E-state index contributed by atoms with van der Waals surface area (Å²) >= 11 is 1.30. The first kappa shape index (κ1) is 19.9. The van der Waals surface area contributed by atoms with Gasteiger partial charge in [0.2, 0.25) is 11.8 Å². The summed E-state index contributed by atoms with van der Waals surface area (Å²) in [6.45, 7) is 8.89. The molecule has 2 atom stereocenters. The number of hydrazone groups is 1. The number of fused-ring (bicyclic) bond motifs is 2. The lowest BCUT2D eigenvalue weighted by molar-refractivity contribution is -0.118. The highest BCUT2D eigenvalue weighted by molar-refractivity contribution is 8.00. The third kappa shape index (κ3) is 4.05. The SMILES string of the molecule is Cc1cccc(NC(=O)CSCC(=O)N/N=C2/C[C@H]3CC[C@@]2(C)C3(C)C)c1. The number of carbonyl (C=O) groups excluding carboxylic acids is 2. The van der Waals surface area contributed by atoms with E-state index in [2.05, 4.69) is 36.6 Å². The van der Waals surface area contributed by atoms with E-state index < -0.39 is 0 Å². The van der Waals surface area contributed by atoms with Crippen LogP contribution in [-0.4, -0.2) is 29.0 Å². The minimum atomic E-state index is -0.153. The van der Waals surface area contributed by atoms with Gasteiger partial charge in [-0.15, -0.1) is 11.8 Å². The summed E-state index contributed by atoms with van der Waals surface area (Å²) in [5.74, 6) is 0.872. The molecule has 2 bridgehead atoms. The summed E-state index contributed by atoms with van der Waals surface area (Å²) in [6.07, 6.45) is 3.38. The highest BCUT2D eigenvalue weighted by Gasteiger charge is 2.59. The third-order valence-corrected chi connectivity index (χ3v) is 7.53. The number of nitrogens with one attached hydrogen (secondary N) is 2. The number of anilines is 1. The predicted molar refractivity (Wildman–Crippen MR) is 112 cm³/mol. The average Bonchev–Trinajstić information content (AvgIpc) is 2.93. The van der Waals surface area contributed by atoms with Crippen molar-refractivity contribution < 1.29 is 9.59 Å². The van der Waals surface area contributed by atoms with E-state index in [-0.39, 0.29) is 34.2 Å². The molecule has 1 aromatic carbocycles. The van der Waals surface area contributed by atoms with Gasteiger partial charge < -0.3 is 5.32 Å². The number of carbonyl (C=O) groups is 2. The van der Waals surface area contributed by atoms with Crippen LogP contribution in [0.5, 0.6) is 0 Å². The zero-order valence-electron chi connectivity index (χ0n) is 16.6. The zero-order chi connectivity index (χ0) is 19.7. The Morgan fingerprint density at radius 2 is 1.96 bits per heavy atom. The fourth-order valence-corrected chi connectivity index (χ4v) is 5.03. The molecule has 2 N–H and O–H groups in total. The fraction of sp³-hybridized carbons (Fsp3) is 0.571. The molecule has 146 valence electrons. The Morgan fingerprint density at radius 3 is 2.59 bits per heavy atom. The third-order valence-electron chi connectivity index (χ3n) is 6.60. The standard InChI is InChI=1S/C21H29N3O2S/c1-14-6-5-7-16(10-14)22-18(25)12-27-13-19(26)24-23-17-11-15-8-9-21(17,4)20(15,2)3/h5-7,10,15H,8-9,11-13H2,1-4H3,(H,22,25)(H,24,26)/b23-17-/t15-,21-/m1/s1. The Morgan fingerprint density at radius 1 is 1.22 bits per heavy atom. The van der Waals surface area contributed by atoms with E-state index in [1.165, 1.54) is 18.2 Å². The van der Waals surface area contributed by atoms with Crippen molar-refractivity contribution in [3.8, 4) is 0 Å². The zero-order valence-corrected chi connectivity index (χ0v) is 17.4. The van der Waals surface area contributed by atoms with Crippen molar-refractivity contribution in [2.75, 3.05) is 16.8 Å². The maximum atomic E-state index is 12.1. The molecule has 0 spiro atoms. The van der Waals surface area contributed by atoms with Crippen LogP contribution in [0.2, 0.25) is 0 Å². The summed E-state index contributed by atoms with van der Waals surface area (Å²) in [7, 11) is 0. The van der Waals surface area contributed by atoms with E-state index >= 15 is 0 Å². The molecule has 2 amide bonds. The van der Waals surface area contributed by atoms with Crippen LogP contribution < -0.4 is 10.7 Å². The molecule has 27 heavy (non-hydrogen) atoms. The summed E-state index contributed by atoms with van der Waals surface area (Å²) in [6, 6.07) is 7.66. The van der Waals surface area contributed by atoms with Crippen molar-refractivity contribution in [2.24, 2.45) is 21.8 Å². The number of thioether (sulfide) groups is 1. The molecule has 0 aromatic heterocycles. The van der Waals surface area contributed by atoms with Crippen LogP contribution in [0.4, 0.5) is 5.69 Å². The number of benzene rings is 1. The Kier molecular flexibility index (Phi) is 5.65. The minimum absolute atomic E-state index is 0.0891. The second-order valence-corrected chi connectivity index (χ2v) is 9.48. The normalized spacial score (nSPS) is 27.0. The first-order valence-corrected chi connectivity index (χ1v) is 10.7. The summed E-state index contributed by atoms with van der Waals surface area (Å²) in [5, 5.41) is 7.30. The number of nitrogens with zero attached hydrogens (tertiary/aromatic N) is 1. The van der Waals surface area contributed by atoms with Crippen molar-refractivity contribution >= 4 is 35.0 Å². The Hall–Kier alpha value is -1.82. The van der Waals surface area contributed by atoms with E-state index in [9.17, 15) is 9.59 Å². The van der Waals surface area contributed by atoms with E-state index in [0.717, 1.165) is 29.8 Å². The lowest BCUT2D eigenvalue weighted by atomic mass is 9.70. The molecular weight excluding hydrogens is 358 g/mol. The number of hydrogen-bond acceptors (Lipinski definition) is 4. The fourth-order valence-electron chi connectivity index (χ4n) is 4.42. The smallest absolute Gasteiger partial charge is 0.250 e. The lowest BCUT2D eigenvalue weighted by Gasteiger charge is -2.34. The molecule has 0 heterocycles. The second-order valence-electron chi connectivity index (χ2n) is 8.50. The molecule has 0 radical (unpaired) electrons. The lowest BCUT2D eigenvalue weighted by Crippen LogP contribution is -2.34. The minimum Gasteiger partial charge on any atom is -0.325 e. The highest BCUT2D eigenvalue weighted by Crippen LogP contribution is 2.63. The van der Waals surface area contributed by atoms with E-state index in [1.54, 1.807) is 0 Å². The van der Waals surface area contributed by atoms with Crippen LogP contribution in [0, 0.1) is 23.7 Å². The predicted octanol–water partition coefficient (Wildman–Crippen LogP) is 3.99. The van der Waals surface area contributed by atoms with Crippen LogP contribution in [0.1, 0.15) is 45.6 Å². The second kappa shape index (κ2) is 7.66. The first-order chi connectivity index (χ1) is 12.7. The van der Waals surface area contributed by atoms with Gasteiger partial charge in [0.15, 0.2) is 0 Å².